The van der Waals surface area contributed by atoms with Crippen LogP contribution in [0.5, 0.6) is 0 Å². The van der Waals surface area contributed by atoms with E-state index in [0.717, 1.165) is 30.4 Å². The number of nitrogens with zero attached hydrogens (tertiary/aromatic N) is 2. The van der Waals surface area contributed by atoms with Crippen LogP contribution in [0.1, 0.15) is 42.0 Å². The molecule has 2 aliphatic heterocycles. The summed E-state index contributed by atoms with van der Waals surface area (Å²) in [6.45, 7) is 1.34. The maximum atomic E-state index is 13.0. The number of benzene rings is 2. The Balaban J connectivity index is 1.33. The Labute approximate surface area is 199 Å². The molecule has 2 aromatic rings. The van der Waals surface area contributed by atoms with E-state index in [1.54, 1.807) is 12.1 Å². The minimum atomic E-state index is -3.63. The summed E-state index contributed by atoms with van der Waals surface area (Å²) in [6.07, 6.45) is 3.59. The van der Waals surface area contributed by atoms with Gasteiger partial charge in [0, 0.05) is 25.2 Å². The topological polar surface area (TPSA) is 96.0 Å². The van der Waals surface area contributed by atoms with E-state index < -0.39 is 10.0 Å². The number of morpholine rings is 1. The van der Waals surface area contributed by atoms with E-state index in [4.69, 9.17) is 4.74 Å². The Kier molecular flexibility index (Phi) is 6.42. The van der Waals surface area contributed by atoms with Gasteiger partial charge in [-0.25, -0.2) is 8.42 Å². The number of hydrogen-bond acceptors (Lipinski definition) is 5. The highest BCUT2D eigenvalue weighted by atomic mass is 32.2. The minimum Gasteiger partial charge on any atom is -0.379 e. The number of carbonyl (C=O) groups is 2. The highest BCUT2D eigenvalue weighted by molar-refractivity contribution is 7.89. The summed E-state index contributed by atoms with van der Waals surface area (Å²) in [5.41, 5.74) is 3.78. The molecule has 1 aliphatic carbocycles. The maximum Gasteiger partial charge on any atom is 0.243 e. The first kappa shape index (κ1) is 23.0. The summed E-state index contributed by atoms with van der Waals surface area (Å²) >= 11 is 0. The van der Waals surface area contributed by atoms with Crippen molar-refractivity contribution in [1.82, 2.24) is 9.62 Å². The highest BCUT2D eigenvalue weighted by Crippen LogP contribution is 2.32. The quantitative estimate of drug-likeness (QED) is 0.703. The molecule has 1 saturated heterocycles. The van der Waals surface area contributed by atoms with Crippen molar-refractivity contribution in [3.05, 3.63) is 59.2 Å². The molecule has 1 fully saturated rings. The van der Waals surface area contributed by atoms with Crippen LogP contribution in [0, 0.1) is 0 Å². The lowest BCUT2D eigenvalue weighted by molar-refractivity contribution is -0.124. The van der Waals surface area contributed by atoms with Gasteiger partial charge in [0.2, 0.25) is 21.8 Å². The van der Waals surface area contributed by atoms with Crippen molar-refractivity contribution in [2.75, 3.05) is 37.7 Å². The fraction of sp³-hybridized carbons (Fsp3) is 0.440. The van der Waals surface area contributed by atoms with Gasteiger partial charge in [-0.15, -0.1) is 0 Å². The van der Waals surface area contributed by atoms with Gasteiger partial charge in [0.15, 0.2) is 0 Å². The van der Waals surface area contributed by atoms with Crippen molar-refractivity contribution in [3.63, 3.8) is 0 Å². The maximum absolute atomic E-state index is 13.0. The lowest BCUT2D eigenvalue weighted by atomic mass is 9.88. The monoisotopic (exact) mass is 483 g/mol. The molecule has 0 bridgehead atoms. The second kappa shape index (κ2) is 9.48. The van der Waals surface area contributed by atoms with E-state index in [0.29, 0.717) is 38.4 Å². The van der Waals surface area contributed by atoms with Crippen molar-refractivity contribution in [2.45, 2.75) is 43.0 Å². The third-order valence-corrected chi connectivity index (χ3v) is 8.76. The first-order valence-corrected chi connectivity index (χ1v) is 13.3. The fourth-order valence-corrected chi connectivity index (χ4v) is 6.55. The van der Waals surface area contributed by atoms with Crippen LogP contribution in [0.25, 0.3) is 0 Å². The zero-order chi connectivity index (χ0) is 23.7. The zero-order valence-corrected chi connectivity index (χ0v) is 19.9. The van der Waals surface area contributed by atoms with Crippen LogP contribution in [-0.4, -0.2) is 57.4 Å². The van der Waals surface area contributed by atoms with Crippen LogP contribution in [0.3, 0.4) is 0 Å². The van der Waals surface area contributed by atoms with Crippen LogP contribution in [0.2, 0.25) is 0 Å². The molecular formula is C25H29N3O5S. The highest BCUT2D eigenvalue weighted by Gasteiger charge is 2.31. The van der Waals surface area contributed by atoms with Crippen LogP contribution < -0.4 is 10.2 Å². The molecule has 34 heavy (non-hydrogen) atoms. The average Bonchev–Trinajstić information content (AvgIpc) is 2.86. The van der Waals surface area contributed by atoms with Gasteiger partial charge in [-0.1, -0.05) is 24.3 Å². The van der Waals surface area contributed by atoms with Gasteiger partial charge in [-0.2, -0.15) is 4.31 Å². The van der Waals surface area contributed by atoms with E-state index in [2.05, 4.69) is 17.4 Å². The van der Waals surface area contributed by atoms with Crippen LogP contribution in [0.4, 0.5) is 5.69 Å². The van der Waals surface area contributed by atoms with Crippen molar-refractivity contribution in [1.29, 1.82) is 0 Å². The van der Waals surface area contributed by atoms with Crippen LogP contribution in [0.15, 0.2) is 47.4 Å². The first-order valence-electron chi connectivity index (χ1n) is 11.8. The number of hydrogen-bond donors (Lipinski definition) is 1. The molecule has 0 aromatic heterocycles. The molecule has 0 radical (unpaired) electrons. The number of carbonyl (C=O) groups excluding carboxylic acids is 2. The van der Waals surface area contributed by atoms with Gasteiger partial charge < -0.3 is 15.0 Å². The number of rotatable bonds is 5. The predicted octanol–water partition coefficient (Wildman–Crippen LogP) is 2.18. The largest absolute Gasteiger partial charge is 0.379 e. The number of nitrogens with one attached hydrogen (secondary N) is 1. The number of ether oxygens (including phenoxy) is 1. The molecule has 3 aliphatic rings. The van der Waals surface area contributed by atoms with Crippen molar-refractivity contribution in [2.24, 2.45) is 0 Å². The van der Waals surface area contributed by atoms with Gasteiger partial charge in [-0.05, 0) is 60.6 Å². The van der Waals surface area contributed by atoms with Gasteiger partial charge in [0.1, 0.15) is 6.54 Å². The molecule has 9 heteroatoms. The molecule has 0 saturated carbocycles. The number of sulfonamides is 1. The third-order valence-electron chi connectivity index (χ3n) is 6.87. The predicted molar refractivity (Wildman–Crippen MR) is 127 cm³/mol. The lowest BCUT2D eigenvalue weighted by Crippen LogP contribution is -2.44. The second-order valence-corrected chi connectivity index (χ2v) is 10.9. The Morgan fingerprint density at radius 1 is 1.03 bits per heavy atom. The molecule has 2 amide bonds. The summed E-state index contributed by atoms with van der Waals surface area (Å²) in [5, 5.41) is 3.11. The summed E-state index contributed by atoms with van der Waals surface area (Å²) in [6, 6.07) is 12.9. The standard InChI is InChI=1S/C25H29N3O5S/c29-24(26-22-7-3-5-18-4-1-2-6-21(18)22)17-28-23-10-9-20(16-19(23)8-11-25(28)30)34(31,32)27-12-14-33-15-13-27/h1-2,4,6,9-10,16,22H,3,5,7-8,11-15,17H2,(H,26,29). The van der Waals surface area contributed by atoms with Gasteiger partial charge in [0.25, 0.3) is 0 Å². The molecule has 8 nitrogen and oxygen atoms in total. The van der Waals surface area contributed by atoms with Crippen LogP contribution >= 0.6 is 0 Å². The molecule has 2 heterocycles. The van der Waals surface area contributed by atoms with E-state index in [1.807, 2.05) is 12.1 Å². The van der Waals surface area contributed by atoms with Gasteiger partial charge >= 0.3 is 0 Å². The number of aryl methyl sites for hydroxylation is 2. The van der Waals surface area contributed by atoms with E-state index in [-0.39, 0.29) is 35.7 Å². The van der Waals surface area contributed by atoms with Crippen molar-refractivity contribution >= 4 is 27.5 Å². The Morgan fingerprint density at radius 3 is 2.65 bits per heavy atom. The van der Waals surface area contributed by atoms with Crippen LogP contribution in [-0.2, 0) is 37.2 Å². The Bertz CT molecular complexity index is 1210. The Morgan fingerprint density at radius 2 is 1.82 bits per heavy atom. The minimum absolute atomic E-state index is 0.0575. The number of fused-ring (bicyclic) bond motifs is 2. The zero-order valence-electron chi connectivity index (χ0n) is 19.0. The van der Waals surface area contributed by atoms with Gasteiger partial charge in [0.05, 0.1) is 24.2 Å². The number of amides is 2. The third kappa shape index (κ3) is 4.47. The molecule has 2 aromatic carbocycles. The average molecular weight is 484 g/mol. The van der Waals surface area contributed by atoms with Crippen molar-refractivity contribution in [3.8, 4) is 0 Å². The summed E-state index contributed by atoms with van der Waals surface area (Å²) in [5.74, 6) is -0.344. The molecule has 1 N–H and O–H groups in total. The summed E-state index contributed by atoms with van der Waals surface area (Å²) in [7, 11) is -3.63. The first-order chi connectivity index (χ1) is 16.4. The molecule has 1 atom stereocenters. The number of anilines is 1. The van der Waals surface area contributed by atoms with E-state index >= 15 is 0 Å². The van der Waals surface area contributed by atoms with E-state index in [9.17, 15) is 18.0 Å². The summed E-state index contributed by atoms with van der Waals surface area (Å²) < 4.78 is 32.8. The van der Waals surface area contributed by atoms with Gasteiger partial charge in [-0.3, -0.25) is 9.59 Å². The Hall–Kier alpha value is -2.75. The van der Waals surface area contributed by atoms with Crippen molar-refractivity contribution < 1.29 is 22.7 Å². The molecule has 0 spiro atoms. The fourth-order valence-electron chi connectivity index (χ4n) is 5.09. The lowest BCUT2D eigenvalue weighted by Gasteiger charge is -2.31. The molecule has 5 rings (SSSR count). The molecular weight excluding hydrogens is 454 g/mol. The second-order valence-electron chi connectivity index (χ2n) is 9.00. The molecule has 180 valence electrons. The van der Waals surface area contributed by atoms with E-state index in [1.165, 1.54) is 20.8 Å². The SMILES string of the molecule is O=C(CN1C(=O)CCc2cc(S(=O)(=O)N3CCOCC3)ccc21)NC1CCCc2ccccc21. The molecule has 1 unspecified atom stereocenters. The normalized spacial score (nSPS) is 21.0. The summed E-state index contributed by atoms with van der Waals surface area (Å²) in [4.78, 5) is 27.4. The smallest absolute Gasteiger partial charge is 0.243 e.